The van der Waals surface area contributed by atoms with Crippen LogP contribution in [-0.2, 0) is 14.3 Å². The molecule has 36 heavy (non-hydrogen) atoms. The van der Waals surface area contributed by atoms with Crippen LogP contribution >= 0.6 is 0 Å². The summed E-state index contributed by atoms with van der Waals surface area (Å²) >= 11 is 0. The Bertz CT molecular complexity index is 1130. The molecule has 8 atom stereocenters. The molecule has 0 heterocycles. The highest BCUT2D eigenvalue weighted by atomic mass is 16.5. The Morgan fingerprint density at radius 2 is 1.75 bits per heavy atom. The number of nitrogens with zero attached hydrogens (tertiary/aromatic N) is 1. The molecule has 5 heteroatoms. The average molecular weight is 494 g/mol. The number of aliphatic hydroxyl groups excluding tert-OH is 1. The first-order valence-electron chi connectivity index (χ1n) is 13.9. The van der Waals surface area contributed by atoms with Crippen molar-refractivity contribution in [2.45, 2.75) is 92.9 Å². The molecule has 0 aromatic rings. The summed E-state index contributed by atoms with van der Waals surface area (Å²) in [6, 6.07) is 2.26. The Labute approximate surface area is 216 Å². The van der Waals surface area contributed by atoms with Crippen molar-refractivity contribution in [3.05, 3.63) is 23.0 Å². The molecule has 0 unspecified atom stereocenters. The molecule has 0 aromatic carbocycles. The molecule has 3 saturated carbocycles. The topological polar surface area (TPSA) is 87.4 Å². The van der Waals surface area contributed by atoms with Gasteiger partial charge < -0.3 is 9.84 Å². The Morgan fingerprint density at radius 1 is 1.08 bits per heavy atom. The van der Waals surface area contributed by atoms with E-state index in [0.717, 1.165) is 44.9 Å². The van der Waals surface area contributed by atoms with Gasteiger partial charge in [-0.1, -0.05) is 47.1 Å². The van der Waals surface area contributed by atoms with Crippen molar-refractivity contribution < 1.29 is 19.4 Å². The van der Waals surface area contributed by atoms with E-state index in [1.807, 2.05) is 13.0 Å². The summed E-state index contributed by atoms with van der Waals surface area (Å²) in [7, 11) is 1.49. The number of carbonyl (C=O) groups is 2. The van der Waals surface area contributed by atoms with E-state index in [1.165, 1.54) is 12.7 Å². The predicted molar refractivity (Wildman–Crippen MR) is 137 cm³/mol. The fraction of sp³-hybridized carbons (Fsp3) is 0.774. The van der Waals surface area contributed by atoms with E-state index in [9.17, 15) is 20.0 Å². The molecule has 1 N–H and O–H groups in total. The van der Waals surface area contributed by atoms with E-state index >= 15 is 0 Å². The number of hydrogen-bond acceptors (Lipinski definition) is 5. The number of ketones is 1. The number of hydrogen-bond donors (Lipinski definition) is 1. The van der Waals surface area contributed by atoms with Crippen molar-refractivity contribution in [1.82, 2.24) is 0 Å². The lowest BCUT2D eigenvalue weighted by Crippen LogP contribution is -2.65. The lowest BCUT2D eigenvalue weighted by molar-refractivity contribution is -0.191. The Balaban J connectivity index is 1.67. The van der Waals surface area contributed by atoms with E-state index in [1.54, 1.807) is 0 Å². The van der Waals surface area contributed by atoms with Crippen molar-refractivity contribution in [3.63, 3.8) is 0 Å². The minimum absolute atomic E-state index is 0.0241. The second-order valence-corrected chi connectivity index (χ2v) is 14.3. The third kappa shape index (κ3) is 2.99. The number of esters is 1. The van der Waals surface area contributed by atoms with E-state index in [2.05, 4.69) is 40.7 Å². The molecule has 0 saturated heterocycles. The van der Waals surface area contributed by atoms with E-state index < -0.39 is 5.41 Å². The van der Waals surface area contributed by atoms with Crippen LogP contribution in [0, 0.1) is 62.1 Å². The summed E-state index contributed by atoms with van der Waals surface area (Å²) in [5.41, 5.74) is 0.352. The molecule has 5 aliphatic carbocycles. The lowest BCUT2D eigenvalue weighted by atomic mass is 9.34. The molecule has 5 aliphatic rings. The predicted octanol–water partition coefficient (Wildman–Crippen LogP) is 6.70. The van der Waals surface area contributed by atoms with Gasteiger partial charge in [0.2, 0.25) is 0 Å². The second-order valence-electron chi connectivity index (χ2n) is 14.3. The lowest BCUT2D eigenvalue weighted by Gasteiger charge is -2.68. The van der Waals surface area contributed by atoms with Gasteiger partial charge in [-0.15, -0.1) is 0 Å². The zero-order valence-corrected chi connectivity index (χ0v) is 23.2. The Kier molecular flexibility index (Phi) is 5.48. The van der Waals surface area contributed by atoms with Gasteiger partial charge in [0.05, 0.1) is 24.2 Å². The average Bonchev–Trinajstić information content (AvgIpc) is 2.82. The van der Waals surface area contributed by atoms with Crippen LogP contribution in [0.25, 0.3) is 0 Å². The molecular weight excluding hydrogens is 450 g/mol. The highest BCUT2D eigenvalue weighted by molar-refractivity contribution is 5.96. The van der Waals surface area contributed by atoms with Gasteiger partial charge in [-0.25, -0.2) is 0 Å². The second kappa shape index (κ2) is 7.71. The van der Waals surface area contributed by atoms with Gasteiger partial charge in [0.1, 0.15) is 5.76 Å². The number of methoxy groups -OCH3 is 1. The number of allylic oxidation sites excluding steroid dienone is 4. The molecule has 0 bridgehead atoms. The molecular formula is C31H43NO4. The van der Waals surface area contributed by atoms with Gasteiger partial charge in [-0.2, -0.15) is 5.26 Å². The van der Waals surface area contributed by atoms with Gasteiger partial charge in [-0.3, -0.25) is 9.59 Å². The third-order valence-corrected chi connectivity index (χ3v) is 12.4. The summed E-state index contributed by atoms with van der Waals surface area (Å²) in [6.07, 6.45) is 8.56. The first-order valence-corrected chi connectivity index (χ1v) is 13.9. The fourth-order valence-electron chi connectivity index (χ4n) is 10.1. The molecule has 3 fully saturated rings. The van der Waals surface area contributed by atoms with Gasteiger partial charge in [0.25, 0.3) is 0 Å². The number of carbonyl (C=O) groups excluding carboxylic acids is 2. The zero-order chi connectivity index (χ0) is 26.5. The monoisotopic (exact) mass is 493 g/mol. The largest absolute Gasteiger partial charge is 0.511 e. The van der Waals surface area contributed by atoms with E-state index in [-0.39, 0.29) is 62.8 Å². The molecule has 0 amide bonds. The Morgan fingerprint density at radius 3 is 2.39 bits per heavy atom. The maximum absolute atomic E-state index is 14.3. The van der Waals surface area contributed by atoms with Crippen LogP contribution in [0.3, 0.4) is 0 Å². The van der Waals surface area contributed by atoms with Crippen molar-refractivity contribution >= 4 is 11.8 Å². The van der Waals surface area contributed by atoms with Gasteiger partial charge in [0.15, 0.2) is 5.78 Å². The quantitative estimate of drug-likeness (QED) is 0.411. The number of fused-ring (bicyclic) bond motifs is 7. The van der Waals surface area contributed by atoms with Gasteiger partial charge in [-0.05, 0) is 90.9 Å². The fourth-order valence-corrected chi connectivity index (χ4v) is 10.1. The number of ether oxygens (including phenoxy) is 1. The van der Waals surface area contributed by atoms with Crippen molar-refractivity contribution in [1.29, 1.82) is 5.26 Å². The molecule has 0 aromatic heterocycles. The third-order valence-electron chi connectivity index (χ3n) is 12.4. The van der Waals surface area contributed by atoms with Crippen molar-refractivity contribution in [2.24, 2.45) is 50.7 Å². The van der Waals surface area contributed by atoms with Crippen LogP contribution in [0.4, 0.5) is 0 Å². The number of rotatable bonds is 1. The summed E-state index contributed by atoms with van der Waals surface area (Å²) < 4.78 is 5.41. The molecule has 5 rings (SSSR count). The van der Waals surface area contributed by atoms with Crippen LogP contribution < -0.4 is 0 Å². The SMILES string of the molecule is COC(=O)[C@]12CCC(C)(C)C[C@H]1[C@H]1C(=O)C=C3[C@@]4(C)CC(C#N)=C(O)[C@@H](C)[C@@H]4CC[C@@]3(C)[C@]1(C)CC2. The molecule has 5 nitrogen and oxygen atoms in total. The summed E-state index contributed by atoms with van der Waals surface area (Å²) in [4.78, 5) is 27.7. The standard InChI is InChI=1S/C31H43NO4/c1-18-20-8-9-29(5)23(28(20,4)15-19(17-32)25(18)34)14-22(33)24-21-16-27(2,3)10-12-31(21,26(35)36-7)13-11-30(24,29)6/h14,18,20-21,24,34H,8-13,15-16H2,1-7H3/t18-,20-,21-,24-,28-,29+,30+,31-/m0/s1. The van der Waals surface area contributed by atoms with Crippen LogP contribution in [0.1, 0.15) is 92.9 Å². The minimum atomic E-state index is -0.575. The van der Waals surface area contributed by atoms with Crippen molar-refractivity contribution in [3.8, 4) is 6.07 Å². The Hall–Kier alpha value is -2.09. The van der Waals surface area contributed by atoms with Crippen LogP contribution in [0.5, 0.6) is 0 Å². The van der Waals surface area contributed by atoms with Gasteiger partial charge in [0, 0.05) is 11.8 Å². The van der Waals surface area contributed by atoms with Crippen molar-refractivity contribution in [2.75, 3.05) is 7.11 Å². The van der Waals surface area contributed by atoms with Crippen LogP contribution in [0.15, 0.2) is 23.0 Å². The first-order chi connectivity index (χ1) is 16.7. The summed E-state index contributed by atoms with van der Waals surface area (Å²) in [6.45, 7) is 13.5. The minimum Gasteiger partial charge on any atom is -0.511 e. The van der Waals surface area contributed by atoms with Gasteiger partial charge >= 0.3 is 5.97 Å². The highest BCUT2D eigenvalue weighted by Gasteiger charge is 2.70. The van der Waals surface area contributed by atoms with E-state index in [0.29, 0.717) is 12.0 Å². The zero-order valence-electron chi connectivity index (χ0n) is 23.2. The maximum atomic E-state index is 14.3. The van der Waals surface area contributed by atoms with E-state index in [4.69, 9.17) is 4.74 Å². The molecule has 0 spiro atoms. The summed E-state index contributed by atoms with van der Waals surface area (Å²) in [5.74, 6) is 0.139. The normalized spacial score (nSPS) is 47.4. The number of nitriles is 1. The first kappa shape index (κ1) is 25.6. The highest BCUT2D eigenvalue weighted by Crippen LogP contribution is 2.74. The molecule has 0 aliphatic heterocycles. The van der Waals surface area contributed by atoms with Crippen LogP contribution in [0.2, 0.25) is 0 Å². The molecule has 196 valence electrons. The maximum Gasteiger partial charge on any atom is 0.312 e. The summed E-state index contributed by atoms with van der Waals surface area (Å²) in [5, 5.41) is 20.6. The van der Waals surface area contributed by atoms with Crippen LogP contribution in [-0.4, -0.2) is 24.0 Å². The molecule has 0 radical (unpaired) electrons. The number of aliphatic hydroxyl groups is 1. The smallest absolute Gasteiger partial charge is 0.312 e.